The fourth-order valence-electron chi connectivity index (χ4n) is 2.39. The summed E-state index contributed by atoms with van der Waals surface area (Å²) in [4.78, 5) is 12.0. The number of hydrogen-bond donors (Lipinski definition) is 2. The number of hydrogen-bond acceptors (Lipinski definition) is 5. The van der Waals surface area contributed by atoms with E-state index in [1.165, 1.54) is 37.0 Å². The summed E-state index contributed by atoms with van der Waals surface area (Å²) in [6.45, 7) is 5.93. The maximum Gasteiger partial charge on any atom is 0.282 e. The van der Waals surface area contributed by atoms with Crippen molar-refractivity contribution in [2.75, 3.05) is 18.4 Å². The van der Waals surface area contributed by atoms with Crippen LogP contribution in [0.3, 0.4) is 0 Å². The Kier molecular flexibility index (Phi) is 4.74. The van der Waals surface area contributed by atoms with Gasteiger partial charge in [-0.25, -0.2) is 0 Å². The first-order valence-corrected chi connectivity index (χ1v) is 7.80. The number of rotatable bonds is 6. The first-order valence-electron chi connectivity index (χ1n) is 6.98. The number of carbonyl (C=O) groups excluding carboxylic acids is 1. The average molecular weight is 282 g/mol. The van der Waals surface area contributed by atoms with Crippen LogP contribution >= 0.6 is 11.3 Å². The highest BCUT2D eigenvalue weighted by Crippen LogP contribution is 2.36. The predicted octanol–water partition coefficient (Wildman–Crippen LogP) is 2.67. The Morgan fingerprint density at radius 2 is 2.11 bits per heavy atom. The molecule has 0 aliphatic heterocycles. The number of carbonyl (C=O) groups is 1. The summed E-state index contributed by atoms with van der Waals surface area (Å²) in [5, 5.41) is 15.2. The van der Waals surface area contributed by atoms with Crippen LogP contribution in [0.4, 0.5) is 5.13 Å². The van der Waals surface area contributed by atoms with Crippen molar-refractivity contribution >= 4 is 22.4 Å². The lowest BCUT2D eigenvalue weighted by Gasteiger charge is -2.23. The van der Waals surface area contributed by atoms with Gasteiger partial charge in [0, 0.05) is 13.1 Å². The van der Waals surface area contributed by atoms with Crippen LogP contribution in [0.1, 0.15) is 55.8 Å². The van der Waals surface area contributed by atoms with Gasteiger partial charge in [0.25, 0.3) is 5.91 Å². The number of amides is 1. The van der Waals surface area contributed by atoms with Crippen molar-refractivity contribution in [3.05, 3.63) is 5.01 Å². The van der Waals surface area contributed by atoms with E-state index in [1.54, 1.807) is 0 Å². The molecule has 0 unspecified atom stereocenters. The van der Waals surface area contributed by atoms with Gasteiger partial charge in [-0.05, 0) is 24.7 Å². The second-order valence-corrected chi connectivity index (χ2v) is 6.52. The lowest BCUT2D eigenvalue weighted by molar-refractivity contribution is 0.0933. The van der Waals surface area contributed by atoms with E-state index < -0.39 is 0 Å². The van der Waals surface area contributed by atoms with Crippen molar-refractivity contribution in [3.8, 4) is 0 Å². The zero-order valence-electron chi connectivity index (χ0n) is 11.7. The number of aromatic nitrogens is 2. The van der Waals surface area contributed by atoms with Crippen LogP contribution in [0.25, 0.3) is 0 Å². The summed E-state index contributed by atoms with van der Waals surface area (Å²) in [5.41, 5.74) is 0.267. The number of nitrogens with zero attached hydrogens (tertiary/aromatic N) is 2. The summed E-state index contributed by atoms with van der Waals surface area (Å²) >= 11 is 1.32. The number of anilines is 1. The minimum absolute atomic E-state index is 0.102. The third-order valence-corrected chi connectivity index (χ3v) is 4.51. The zero-order chi connectivity index (χ0) is 13.7. The van der Waals surface area contributed by atoms with E-state index in [4.69, 9.17) is 0 Å². The molecule has 0 atom stereocenters. The highest BCUT2D eigenvalue weighted by atomic mass is 32.1. The molecule has 19 heavy (non-hydrogen) atoms. The Morgan fingerprint density at radius 1 is 1.37 bits per heavy atom. The molecule has 1 fully saturated rings. The predicted molar refractivity (Wildman–Crippen MR) is 77.6 cm³/mol. The first kappa shape index (κ1) is 14.2. The van der Waals surface area contributed by atoms with E-state index in [-0.39, 0.29) is 11.3 Å². The topological polar surface area (TPSA) is 66.9 Å². The van der Waals surface area contributed by atoms with Gasteiger partial charge in [-0.2, -0.15) is 0 Å². The minimum Gasteiger partial charge on any atom is -0.360 e. The minimum atomic E-state index is -0.102. The Balaban J connectivity index is 1.84. The SMILES string of the molecule is CCCNc1nnc(C(=O)NCC2(C)CCCC2)s1. The van der Waals surface area contributed by atoms with Gasteiger partial charge in [0.2, 0.25) is 10.1 Å². The second kappa shape index (κ2) is 6.32. The maximum atomic E-state index is 12.0. The second-order valence-electron chi connectivity index (χ2n) is 5.54. The van der Waals surface area contributed by atoms with Gasteiger partial charge in [-0.1, -0.05) is 38.0 Å². The third-order valence-electron chi connectivity index (χ3n) is 3.63. The molecule has 2 N–H and O–H groups in total. The van der Waals surface area contributed by atoms with Gasteiger partial charge < -0.3 is 10.6 Å². The van der Waals surface area contributed by atoms with E-state index in [0.717, 1.165) is 24.6 Å². The van der Waals surface area contributed by atoms with Gasteiger partial charge in [0.1, 0.15) is 0 Å². The molecule has 0 bridgehead atoms. The molecular formula is C13H22N4OS. The van der Waals surface area contributed by atoms with Gasteiger partial charge >= 0.3 is 0 Å². The highest BCUT2D eigenvalue weighted by molar-refractivity contribution is 7.17. The van der Waals surface area contributed by atoms with Gasteiger partial charge in [-0.3, -0.25) is 4.79 Å². The lowest BCUT2D eigenvalue weighted by Crippen LogP contribution is -2.34. The van der Waals surface area contributed by atoms with Gasteiger partial charge in [0.05, 0.1) is 0 Å². The summed E-state index contributed by atoms with van der Waals surface area (Å²) in [6, 6.07) is 0. The van der Waals surface area contributed by atoms with Gasteiger partial charge in [-0.15, -0.1) is 10.2 Å². The van der Waals surface area contributed by atoms with Crippen molar-refractivity contribution in [1.82, 2.24) is 15.5 Å². The first-order chi connectivity index (χ1) is 9.13. The van der Waals surface area contributed by atoms with E-state index in [2.05, 4.69) is 34.7 Å². The van der Waals surface area contributed by atoms with Crippen molar-refractivity contribution < 1.29 is 4.79 Å². The fourth-order valence-corrected chi connectivity index (χ4v) is 3.08. The van der Waals surface area contributed by atoms with E-state index in [1.807, 2.05) is 0 Å². The summed E-state index contributed by atoms with van der Waals surface area (Å²) in [7, 11) is 0. The summed E-state index contributed by atoms with van der Waals surface area (Å²) in [6.07, 6.45) is 5.98. The Bertz CT molecular complexity index is 426. The van der Waals surface area contributed by atoms with Crippen molar-refractivity contribution in [1.29, 1.82) is 0 Å². The normalized spacial score (nSPS) is 17.4. The molecule has 1 aromatic heterocycles. The van der Waals surface area contributed by atoms with Crippen LogP contribution in [-0.4, -0.2) is 29.2 Å². The molecule has 1 amide bonds. The molecule has 1 heterocycles. The molecule has 0 saturated heterocycles. The van der Waals surface area contributed by atoms with E-state index in [0.29, 0.717) is 5.01 Å². The smallest absolute Gasteiger partial charge is 0.282 e. The zero-order valence-corrected chi connectivity index (χ0v) is 12.5. The molecule has 1 aliphatic carbocycles. The fraction of sp³-hybridized carbons (Fsp3) is 0.769. The van der Waals surface area contributed by atoms with Crippen LogP contribution in [0.15, 0.2) is 0 Å². The molecule has 0 aromatic carbocycles. The molecule has 1 saturated carbocycles. The number of nitrogens with one attached hydrogen (secondary N) is 2. The Hall–Kier alpha value is -1.17. The largest absolute Gasteiger partial charge is 0.360 e. The maximum absolute atomic E-state index is 12.0. The molecule has 0 radical (unpaired) electrons. The molecule has 106 valence electrons. The van der Waals surface area contributed by atoms with E-state index in [9.17, 15) is 4.79 Å². The quantitative estimate of drug-likeness (QED) is 0.842. The van der Waals surface area contributed by atoms with Crippen molar-refractivity contribution in [2.45, 2.75) is 46.0 Å². The molecule has 2 rings (SSSR count). The van der Waals surface area contributed by atoms with Crippen LogP contribution in [0, 0.1) is 5.41 Å². The lowest BCUT2D eigenvalue weighted by atomic mass is 9.89. The monoisotopic (exact) mass is 282 g/mol. The van der Waals surface area contributed by atoms with Crippen LogP contribution < -0.4 is 10.6 Å². The summed E-state index contributed by atoms with van der Waals surface area (Å²) < 4.78 is 0. The summed E-state index contributed by atoms with van der Waals surface area (Å²) in [5.74, 6) is -0.102. The van der Waals surface area contributed by atoms with Crippen LogP contribution in [0.5, 0.6) is 0 Å². The van der Waals surface area contributed by atoms with E-state index >= 15 is 0 Å². The average Bonchev–Trinajstić information content (AvgIpc) is 3.03. The Morgan fingerprint density at radius 3 is 2.79 bits per heavy atom. The third kappa shape index (κ3) is 3.89. The molecular weight excluding hydrogens is 260 g/mol. The molecule has 1 aliphatic rings. The molecule has 5 nitrogen and oxygen atoms in total. The van der Waals surface area contributed by atoms with Crippen molar-refractivity contribution in [3.63, 3.8) is 0 Å². The van der Waals surface area contributed by atoms with Gasteiger partial charge in [0.15, 0.2) is 0 Å². The molecule has 6 heteroatoms. The molecule has 0 spiro atoms. The molecule has 1 aromatic rings. The van der Waals surface area contributed by atoms with Crippen LogP contribution in [-0.2, 0) is 0 Å². The van der Waals surface area contributed by atoms with Crippen LogP contribution in [0.2, 0.25) is 0 Å². The van der Waals surface area contributed by atoms with Crippen molar-refractivity contribution in [2.24, 2.45) is 5.41 Å². The Labute approximate surface area is 118 Å². The standard InChI is InChI=1S/C13H22N4OS/c1-3-8-14-12-17-16-11(19-12)10(18)15-9-13(2)6-4-5-7-13/h3-9H2,1-2H3,(H,14,17)(H,15,18). The highest BCUT2D eigenvalue weighted by Gasteiger charge is 2.29.